The Bertz CT molecular complexity index is 1860. The zero-order valence-electron chi connectivity index (χ0n) is 21.3. The Morgan fingerprint density at radius 1 is 0.462 bits per heavy atom. The molecule has 0 spiro atoms. The van der Waals surface area contributed by atoms with Crippen molar-refractivity contribution in [3.8, 4) is 45.1 Å². The van der Waals surface area contributed by atoms with E-state index in [9.17, 15) is 0 Å². The Labute approximate surface area is 225 Å². The topological polar surface area (TPSA) is 44.2 Å². The highest BCUT2D eigenvalue weighted by Crippen LogP contribution is 2.54. The number of aryl methyl sites for hydroxylation is 4. The minimum Gasteiger partial charge on any atom is -0.457 e. The van der Waals surface area contributed by atoms with Crippen molar-refractivity contribution in [1.82, 2.24) is 9.97 Å². The maximum absolute atomic E-state index is 6.28. The first kappa shape index (κ1) is 21.3. The number of fused-ring (bicyclic) bond motifs is 13. The molecule has 186 valence electrons. The molecule has 0 atom stereocenters. The number of benzene rings is 4. The molecule has 0 amide bonds. The molecule has 3 heterocycles. The maximum Gasteiger partial charge on any atom is 0.230 e. The third kappa shape index (κ3) is 3.06. The third-order valence-electron chi connectivity index (χ3n) is 8.59. The molecule has 4 heteroatoms. The van der Waals surface area contributed by atoms with Crippen LogP contribution in [0.15, 0.2) is 84.9 Å². The quantitative estimate of drug-likeness (QED) is 0.213. The van der Waals surface area contributed by atoms with Crippen molar-refractivity contribution in [2.24, 2.45) is 0 Å². The van der Waals surface area contributed by atoms with Crippen LogP contribution in [0, 0.1) is 0 Å². The molecule has 0 bridgehead atoms. The summed E-state index contributed by atoms with van der Waals surface area (Å²) in [7, 11) is 0. The lowest BCUT2D eigenvalue weighted by atomic mass is 9.78. The van der Waals surface area contributed by atoms with Crippen LogP contribution < -0.4 is 9.47 Å². The van der Waals surface area contributed by atoms with Crippen LogP contribution in [0.25, 0.3) is 55.4 Å². The van der Waals surface area contributed by atoms with Crippen molar-refractivity contribution in [3.63, 3.8) is 0 Å². The lowest BCUT2D eigenvalue weighted by Crippen LogP contribution is -2.10. The van der Waals surface area contributed by atoms with Gasteiger partial charge in [0.25, 0.3) is 0 Å². The Morgan fingerprint density at radius 3 is 1.44 bits per heavy atom. The van der Waals surface area contributed by atoms with Gasteiger partial charge in [-0.3, -0.25) is 0 Å². The molecule has 0 saturated heterocycles. The van der Waals surface area contributed by atoms with Gasteiger partial charge in [-0.05, 0) is 84.3 Å². The molecule has 0 saturated carbocycles. The number of nitrogens with zero attached hydrogens (tertiary/aromatic N) is 2. The highest BCUT2D eigenvalue weighted by Gasteiger charge is 2.33. The van der Waals surface area contributed by atoms with Gasteiger partial charge in [0.1, 0.15) is 11.5 Å². The molecule has 39 heavy (non-hydrogen) atoms. The second-order valence-corrected chi connectivity index (χ2v) is 10.7. The van der Waals surface area contributed by atoms with Crippen molar-refractivity contribution >= 4 is 21.8 Å². The second-order valence-electron chi connectivity index (χ2n) is 10.7. The average Bonchev–Trinajstić information content (AvgIpc) is 3.18. The second kappa shape index (κ2) is 7.90. The third-order valence-corrected chi connectivity index (χ3v) is 8.59. The van der Waals surface area contributed by atoms with Crippen molar-refractivity contribution < 1.29 is 9.47 Å². The van der Waals surface area contributed by atoms with E-state index in [0.717, 1.165) is 70.7 Å². The summed E-state index contributed by atoms with van der Waals surface area (Å²) in [6.45, 7) is 0.174. The molecule has 0 fully saturated rings. The molecule has 3 aliphatic rings. The molecule has 0 radical (unpaired) electrons. The van der Waals surface area contributed by atoms with Gasteiger partial charge >= 0.3 is 0 Å². The first-order chi connectivity index (χ1) is 19.3. The Hall–Kier alpha value is -4.70. The van der Waals surface area contributed by atoms with Crippen molar-refractivity contribution in [1.29, 1.82) is 0 Å². The Morgan fingerprint density at radius 2 is 0.923 bits per heavy atom. The number of ether oxygens (including phenoxy) is 2. The zero-order valence-corrected chi connectivity index (χ0v) is 21.3. The first-order valence-corrected chi connectivity index (χ1v) is 13.7. The average molecular weight is 505 g/mol. The summed E-state index contributed by atoms with van der Waals surface area (Å²) >= 11 is 0. The number of rotatable bonds is 0. The largest absolute Gasteiger partial charge is 0.457 e. The summed E-state index contributed by atoms with van der Waals surface area (Å²) in [4.78, 5) is 10.5. The van der Waals surface area contributed by atoms with E-state index < -0.39 is 0 Å². The minimum atomic E-state index is 0.174. The van der Waals surface area contributed by atoms with Crippen molar-refractivity contribution in [3.05, 3.63) is 107 Å². The smallest absolute Gasteiger partial charge is 0.230 e. The predicted octanol–water partition coefficient (Wildman–Crippen LogP) is 7.71. The number of pyridine rings is 2. The molecule has 9 rings (SSSR count). The van der Waals surface area contributed by atoms with Gasteiger partial charge in [0.05, 0.1) is 22.4 Å². The van der Waals surface area contributed by atoms with Gasteiger partial charge in [-0.15, -0.1) is 0 Å². The van der Waals surface area contributed by atoms with Gasteiger partial charge in [0.2, 0.25) is 6.79 Å². The normalized spacial score (nSPS) is 14.6. The van der Waals surface area contributed by atoms with Gasteiger partial charge in [-0.1, -0.05) is 48.5 Å². The molecule has 4 aromatic carbocycles. The maximum atomic E-state index is 6.28. The number of aromatic nitrogens is 2. The van der Waals surface area contributed by atoms with E-state index in [4.69, 9.17) is 19.4 Å². The van der Waals surface area contributed by atoms with Crippen LogP contribution in [0.5, 0.6) is 11.5 Å². The summed E-state index contributed by atoms with van der Waals surface area (Å²) in [6, 6.07) is 30.1. The summed E-state index contributed by atoms with van der Waals surface area (Å²) in [5.74, 6) is 1.69. The molecule has 1 aliphatic heterocycles. The van der Waals surface area contributed by atoms with E-state index in [1.807, 2.05) is 0 Å². The molecule has 6 aromatic rings. The monoisotopic (exact) mass is 504 g/mol. The molecule has 4 nitrogen and oxygen atoms in total. The van der Waals surface area contributed by atoms with E-state index >= 15 is 0 Å². The van der Waals surface area contributed by atoms with Gasteiger partial charge < -0.3 is 9.47 Å². The van der Waals surface area contributed by atoms with Crippen LogP contribution in [0.4, 0.5) is 0 Å². The zero-order chi connectivity index (χ0) is 25.5. The van der Waals surface area contributed by atoms with E-state index in [1.165, 1.54) is 44.2 Å². The summed E-state index contributed by atoms with van der Waals surface area (Å²) in [5, 5.41) is 2.37. The minimum absolute atomic E-state index is 0.174. The lowest BCUT2D eigenvalue weighted by Gasteiger charge is -2.27. The van der Waals surface area contributed by atoms with Crippen molar-refractivity contribution in [2.75, 3.05) is 6.79 Å². The molecule has 2 aromatic heterocycles. The molecular weight excluding hydrogens is 480 g/mol. The highest BCUT2D eigenvalue weighted by molar-refractivity contribution is 6.02. The number of hydrogen-bond donors (Lipinski definition) is 0. The lowest BCUT2D eigenvalue weighted by molar-refractivity contribution is 0.125. The molecule has 2 aliphatic carbocycles. The predicted molar refractivity (Wildman–Crippen MR) is 154 cm³/mol. The fourth-order valence-corrected chi connectivity index (χ4v) is 6.78. The fraction of sp³-hybridized carbons (Fsp3) is 0.143. The SMILES string of the molecule is c1ccc2nc3c(cc2c1)CCc1ccc2c(c1-3)-c1c(ccc3c1-c1nc4ccccc4cc1CC3)OCO2. The van der Waals surface area contributed by atoms with Crippen LogP contribution >= 0.6 is 0 Å². The molecule has 0 unspecified atom stereocenters. The van der Waals surface area contributed by atoms with Crippen LogP contribution in [0.2, 0.25) is 0 Å². The van der Waals surface area contributed by atoms with E-state index in [0.29, 0.717) is 0 Å². The van der Waals surface area contributed by atoms with E-state index in [-0.39, 0.29) is 6.79 Å². The van der Waals surface area contributed by atoms with E-state index in [2.05, 4.69) is 84.9 Å². The van der Waals surface area contributed by atoms with Gasteiger partial charge in [0.15, 0.2) is 0 Å². The van der Waals surface area contributed by atoms with E-state index in [1.54, 1.807) is 0 Å². The summed E-state index contributed by atoms with van der Waals surface area (Å²) in [5.41, 5.74) is 13.9. The fourth-order valence-electron chi connectivity index (χ4n) is 6.78. The first-order valence-electron chi connectivity index (χ1n) is 13.7. The molecular formula is C35H24N2O2. The van der Waals surface area contributed by atoms with Crippen LogP contribution in [0.3, 0.4) is 0 Å². The van der Waals surface area contributed by atoms with Gasteiger partial charge in [-0.25, -0.2) is 9.97 Å². The van der Waals surface area contributed by atoms with Crippen LogP contribution in [-0.2, 0) is 25.7 Å². The number of para-hydroxylation sites is 2. The number of hydrogen-bond acceptors (Lipinski definition) is 4. The van der Waals surface area contributed by atoms with Crippen LogP contribution in [-0.4, -0.2) is 16.8 Å². The summed E-state index contributed by atoms with van der Waals surface area (Å²) < 4.78 is 12.6. The van der Waals surface area contributed by atoms with Gasteiger partial charge in [-0.2, -0.15) is 0 Å². The standard InChI is InChI=1S/C35H24N2O2/c1-3-7-26-22(5-1)17-24-11-9-20-13-15-28-32(30(20)34(24)36-26)33-29(39-19-38-28)16-14-21-10-12-25-18-23-6-2-4-8-27(23)37-35(25)31(21)33/h1-8,13-18H,9-12,19H2. The Kier molecular flexibility index (Phi) is 4.31. The Balaban J connectivity index is 1.40. The summed E-state index contributed by atoms with van der Waals surface area (Å²) in [6.07, 6.45) is 3.90. The van der Waals surface area contributed by atoms with Crippen molar-refractivity contribution in [2.45, 2.75) is 25.7 Å². The highest BCUT2D eigenvalue weighted by atomic mass is 16.7. The van der Waals surface area contributed by atoms with Crippen LogP contribution in [0.1, 0.15) is 22.3 Å². The van der Waals surface area contributed by atoms with Gasteiger partial charge in [0, 0.05) is 33.0 Å². The molecule has 0 N–H and O–H groups in total.